The summed E-state index contributed by atoms with van der Waals surface area (Å²) < 4.78 is 0. The maximum absolute atomic E-state index is 5.64. The molecule has 0 unspecified atom stereocenters. The lowest BCUT2D eigenvalue weighted by atomic mass is 9.86. The Morgan fingerprint density at radius 2 is 0.431 bits per heavy atom. The molecule has 0 aliphatic heterocycles. The van der Waals surface area contributed by atoms with E-state index in [1.165, 1.54) is 114 Å². The largest absolute Gasteiger partial charge is 0.248 e. The van der Waals surface area contributed by atoms with Crippen molar-refractivity contribution in [2.24, 2.45) is 0 Å². The minimum Gasteiger partial charge on any atom is -0.248 e. The Kier molecular flexibility index (Phi) is 16.6. The Bertz CT molecular complexity index is 7810. The van der Waals surface area contributed by atoms with Crippen molar-refractivity contribution in [3.8, 4) is 112 Å². The number of benzene rings is 19. The van der Waals surface area contributed by atoms with Crippen LogP contribution in [0.4, 0.5) is 0 Å². The first-order valence-corrected chi connectivity index (χ1v) is 39.7. The quantitative estimate of drug-likeness (QED) is 0.128. The van der Waals surface area contributed by atoms with Gasteiger partial charge in [-0.3, -0.25) is 0 Å². The highest BCUT2D eigenvalue weighted by atomic mass is 14.7. The maximum Gasteiger partial charge on any atom is 0.0794 e. The molecule has 4 heteroatoms. The van der Waals surface area contributed by atoms with Crippen molar-refractivity contribution in [2.45, 2.75) is 0 Å². The maximum atomic E-state index is 5.64. The first-order valence-electron chi connectivity index (χ1n) is 39.7. The van der Waals surface area contributed by atoms with E-state index in [1.807, 2.05) is 12.1 Å². The van der Waals surface area contributed by atoms with Gasteiger partial charge in [-0.25, -0.2) is 19.9 Å². The summed E-state index contributed by atoms with van der Waals surface area (Å²) in [5, 5.41) is 22.9. The highest BCUT2D eigenvalue weighted by Crippen LogP contribution is 2.48. The Morgan fingerprint density at radius 1 is 0.121 bits per heavy atom. The first-order chi connectivity index (χ1) is 57.5. The third-order valence-electron chi connectivity index (χ3n) is 23.4. The van der Waals surface area contributed by atoms with Crippen LogP contribution in [0.2, 0.25) is 0 Å². The van der Waals surface area contributed by atoms with Crippen LogP contribution >= 0.6 is 0 Å². The smallest absolute Gasteiger partial charge is 0.0794 e. The van der Waals surface area contributed by atoms with Crippen LogP contribution < -0.4 is 0 Å². The van der Waals surface area contributed by atoms with Crippen LogP contribution in [-0.4, -0.2) is 19.9 Å². The summed E-state index contributed by atoms with van der Waals surface area (Å²) in [6.07, 6.45) is 0. The molecule has 0 radical (unpaired) electrons. The third-order valence-corrected chi connectivity index (χ3v) is 23.4. The predicted molar refractivity (Wildman–Crippen MR) is 491 cm³/mol. The molecule has 0 atom stereocenters. The van der Waals surface area contributed by atoms with Crippen LogP contribution in [0, 0.1) is 0 Å². The topological polar surface area (TPSA) is 51.6 Å². The summed E-state index contributed by atoms with van der Waals surface area (Å²) in [6, 6.07) is 153. The molecule has 4 nitrogen and oxygen atoms in total. The van der Waals surface area contributed by atoms with Gasteiger partial charge in [-0.1, -0.05) is 352 Å². The second kappa shape index (κ2) is 28.4. The molecule has 0 saturated carbocycles. The number of hydrogen-bond acceptors (Lipinski definition) is 4. The van der Waals surface area contributed by atoms with E-state index in [0.29, 0.717) is 0 Å². The van der Waals surface area contributed by atoms with E-state index < -0.39 is 0 Å². The van der Waals surface area contributed by atoms with E-state index in [0.717, 1.165) is 116 Å². The molecule has 4 heterocycles. The average Bonchev–Trinajstić information content (AvgIpc) is 0.729. The number of hydrogen-bond donors (Lipinski definition) is 0. The van der Waals surface area contributed by atoms with Gasteiger partial charge in [0.05, 0.1) is 45.0 Å². The average molecular weight is 1470 g/mol. The fourth-order valence-electron chi connectivity index (χ4n) is 17.7. The van der Waals surface area contributed by atoms with Gasteiger partial charge >= 0.3 is 0 Å². The molecule has 0 bridgehead atoms. The van der Waals surface area contributed by atoms with E-state index in [2.05, 4.69) is 413 Å². The van der Waals surface area contributed by atoms with Crippen LogP contribution in [-0.2, 0) is 0 Å². The van der Waals surface area contributed by atoms with E-state index >= 15 is 0 Å². The van der Waals surface area contributed by atoms with E-state index in [4.69, 9.17) is 19.9 Å². The summed E-state index contributed by atoms with van der Waals surface area (Å²) in [6.45, 7) is 0. The van der Waals surface area contributed by atoms with Crippen molar-refractivity contribution < 1.29 is 0 Å². The Labute approximate surface area is 670 Å². The van der Waals surface area contributed by atoms with Crippen molar-refractivity contribution in [3.05, 3.63) is 425 Å². The van der Waals surface area contributed by atoms with Crippen LogP contribution in [0.25, 0.3) is 231 Å². The van der Waals surface area contributed by atoms with Gasteiger partial charge in [-0.05, 0) is 204 Å². The van der Waals surface area contributed by atoms with Gasteiger partial charge in [0.1, 0.15) is 0 Å². The summed E-state index contributed by atoms with van der Waals surface area (Å²) in [7, 11) is 0. The van der Waals surface area contributed by atoms with Crippen LogP contribution in [0.1, 0.15) is 0 Å². The summed E-state index contributed by atoms with van der Waals surface area (Å²) in [5.41, 5.74) is 24.9. The van der Waals surface area contributed by atoms with Crippen molar-refractivity contribution >= 4 is 119 Å². The lowest BCUT2D eigenvalue weighted by molar-refractivity contribution is 1.32. The Balaban J connectivity index is 0.000000146. The van der Waals surface area contributed by atoms with Gasteiger partial charge in [0.25, 0.3) is 0 Å². The predicted octanol–water partition coefficient (Wildman–Crippen LogP) is 30.3. The molecule has 0 aliphatic carbocycles. The van der Waals surface area contributed by atoms with Gasteiger partial charge in [-0.15, -0.1) is 0 Å². The van der Waals surface area contributed by atoms with Gasteiger partial charge in [0.15, 0.2) is 0 Å². The molecular formula is C112H70N4. The molecule has 4 aromatic heterocycles. The molecule has 0 saturated heterocycles. The van der Waals surface area contributed by atoms with Gasteiger partial charge in [0, 0.05) is 54.7 Å². The van der Waals surface area contributed by atoms with Gasteiger partial charge < -0.3 is 0 Å². The lowest BCUT2D eigenvalue weighted by Gasteiger charge is -2.19. The zero-order valence-corrected chi connectivity index (χ0v) is 63.2. The molecule has 23 aromatic rings. The standard InChI is InChI=1S/C64H40N2.C48H30N2/c1-3-17-41(18-4-1)47-37-61(42-19-5-2-6-20-42)65-62(38-47)43-31-33-44(34-32-43)63-40-59(57-36-46-22-8-10-24-49(46)51-26-12-14-28-53(51)57)60-39-58(54-29-15-16-30-55(54)64(60)66-63)56-35-45-21-7-9-23-48(45)50-25-11-13-27-52(50)56;1-3-12-36-27-38(23-17-31(36)9-1)42-29-44-43(39-24-18-32-10-2-4-13-37(32)28-39)30-47(50-48(44)41-15-7-6-14-40(41)42)35-21-19-34(20-22-35)46-26-25-33-11-5-8-16-45(33)49-46/h1-40H;1-30H. The zero-order chi connectivity index (χ0) is 76.6. The van der Waals surface area contributed by atoms with Crippen LogP contribution in [0.15, 0.2) is 425 Å². The monoisotopic (exact) mass is 1470 g/mol. The van der Waals surface area contributed by atoms with E-state index in [9.17, 15) is 0 Å². The number of fused-ring (bicyclic) bond motifs is 15. The van der Waals surface area contributed by atoms with Gasteiger partial charge in [-0.2, -0.15) is 0 Å². The molecule has 538 valence electrons. The lowest BCUT2D eigenvalue weighted by Crippen LogP contribution is -1.95. The molecule has 0 N–H and O–H groups in total. The molecule has 23 rings (SSSR count). The number of pyridine rings is 4. The number of nitrogens with zero attached hydrogens (tertiary/aromatic N) is 4. The molecule has 0 amide bonds. The van der Waals surface area contributed by atoms with Crippen LogP contribution in [0.3, 0.4) is 0 Å². The van der Waals surface area contributed by atoms with E-state index in [1.54, 1.807) is 0 Å². The third kappa shape index (κ3) is 12.1. The molecule has 116 heavy (non-hydrogen) atoms. The summed E-state index contributed by atoms with van der Waals surface area (Å²) >= 11 is 0. The first kappa shape index (κ1) is 67.5. The zero-order valence-electron chi connectivity index (χ0n) is 63.2. The van der Waals surface area contributed by atoms with E-state index in [-0.39, 0.29) is 0 Å². The van der Waals surface area contributed by atoms with Gasteiger partial charge in [0.2, 0.25) is 0 Å². The van der Waals surface area contributed by atoms with Crippen molar-refractivity contribution in [1.82, 2.24) is 19.9 Å². The molecular weight excluding hydrogens is 1400 g/mol. The number of para-hydroxylation sites is 1. The normalized spacial score (nSPS) is 11.6. The number of rotatable bonds is 10. The van der Waals surface area contributed by atoms with Crippen molar-refractivity contribution in [2.75, 3.05) is 0 Å². The molecule has 19 aromatic carbocycles. The Morgan fingerprint density at radius 3 is 0.940 bits per heavy atom. The second-order valence-corrected chi connectivity index (χ2v) is 30.2. The second-order valence-electron chi connectivity index (χ2n) is 30.2. The SMILES string of the molecule is c1ccc(-c2cc(-c3ccccc3)nc(-c3ccc(-c4cc(-c5cc6ccccc6c6ccccc56)c5cc(-c6cc7ccccc7c7ccccc67)c6ccccc6c5n4)cc3)c2)cc1.c1ccc2cc(-c3cc4c(-c5ccc6ccccc6c5)cc(-c5ccc(-c6ccc7ccccc7n6)cc5)nc4c4ccccc34)ccc2c1. The van der Waals surface area contributed by atoms with Crippen LogP contribution in [0.5, 0.6) is 0 Å². The molecule has 0 spiro atoms. The Hall–Kier alpha value is -15.4. The molecule has 0 fully saturated rings. The fraction of sp³-hybridized carbons (Fsp3) is 0. The molecule has 0 aliphatic rings. The minimum atomic E-state index is 0.923. The van der Waals surface area contributed by atoms with Crippen molar-refractivity contribution in [3.63, 3.8) is 0 Å². The minimum absolute atomic E-state index is 0.923. The van der Waals surface area contributed by atoms with Crippen molar-refractivity contribution in [1.29, 1.82) is 0 Å². The summed E-state index contributed by atoms with van der Waals surface area (Å²) in [4.78, 5) is 21.3. The highest BCUT2D eigenvalue weighted by molar-refractivity contribution is 6.24. The number of aromatic nitrogens is 4. The highest BCUT2D eigenvalue weighted by Gasteiger charge is 2.23. The summed E-state index contributed by atoms with van der Waals surface area (Å²) in [5.74, 6) is 0. The fourth-order valence-corrected chi connectivity index (χ4v) is 17.7.